The summed E-state index contributed by atoms with van der Waals surface area (Å²) < 4.78 is 25.6. The maximum absolute atomic E-state index is 12.0. The van der Waals surface area contributed by atoms with Crippen LogP contribution in [-0.2, 0) is 10.0 Å². The first-order chi connectivity index (χ1) is 9.12. The largest absolute Gasteiger partial charge is 0.300 e. The van der Waals surface area contributed by atoms with Gasteiger partial charge in [0.1, 0.15) is 0 Å². The Morgan fingerprint density at radius 3 is 2.47 bits per heavy atom. The summed E-state index contributed by atoms with van der Waals surface area (Å²) in [5.74, 6) is 1.06. The lowest BCUT2D eigenvalue weighted by Gasteiger charge is -2.36. The summed E-state index contributed by atoms with van der Waals surface area (Å²) in [6, 6.07) is 0. The third kappa shape index (κ3) is 4.29. The Hall–Kier alpha value is -0.390. The maximum atomic E-state index is 12.0. The fourth-order valence-electron chi connectivity index (χ4n) is 2.96. The Morgan fingerprint density at radius 2 is 1.89 bits per heavy atom. The van der Waals surface area contributed by atoms with E-state index >= 15 is 0 Å². The van der Waals surface area contributed by atoms with Crippen LogP contribution in [0.2, 0.25) is 0 Å². The van der Waals surface area contributed by atoms with Crippen LogP contribution in [0.15, 0.2) is 12.2 Å². The Labute approximate surface area is 117 Å². The minimum atomic E-state index is -2.99. The molecule has 1 atom stereocenters. The maximum Gasteiger partial charge on any atom is 0.214 e. The van der Waals surface area contributed by atoms with Gasteiger partial charge in [0.2, 0.25) is 10.0 Å². The number of nitrogens with zero attached hydrogens (tertiary/aromatic N) is 2. The Balaban J connectivity index is 1.77. The van der Waals surface area contributed by atoms with Crippen molar-refractivity contribution in [2.45, 2.75) is 32.6 Å². The number of allylic oxidation sites excluding steroid dienone is 2. The van der Waals surface area contributed by atoms with Crippen molar-refractivity contribution < 1.29 is 8.42 Å². The lowest BCUT2D eigenvalue weighted by atomic mass is 9.94. The second-order valence-electron chi connectivity index (χ2n) is 5.67. The number of rotatable bonds is 5. The molecule has 5 heteroatoms. The van der Waals surface area contributed by atoms with Gasteiger partial charge in [0.15, 0.2) is 0 Å². The van der Waals surface area contributed by atoms with Gasteiger partial charge >= 0.3 is 0 Å². The number of hydrogen-bond acceptors (Lipinski definition) is 3. The summed E-state index contributed by atoms with van der Waals surface area (Å²) in [6.07, 6.45) is 8.94. The highest BCUT2D eigenvalue weighted by molar-refractivity contribution is 7.89. The monoisotopic (exact) mass is 286 g/mol. The average molecular weight is 286 g/mol. The quantitative estimate of drug-likeness (QED) is 0.722. The van der Waals surface area contributed by atoms with E-state index in [1.807, 2.05) is 6.92 Å². The second kappa shape index (κ2) is 6.86. The number of piperazine rings is 1. The van der Waals surface area contributed by atoms with Crippen LogP contribution in [0.5, 0.6) is 0 Å². The molecule has 0 aromatic heterocycles. The van der Waals surface area contributed by atoms with E-state index < -0.39 is 10.0 Å². The van der Waals surface area contributed by atoms with Crippen molar-refractivity contribution in [3.05, 3.63) is 12.2 Å². The van der Waals surface area contributed by atoms with Gasteiger partial charge in [-0.05, 0) is 31.6 Å². The number of hydrogen-bond donors (Lipinski definition) is 0. The van der Waals surface area contributed by atoms with Crippen molar-refractivity contribution in [3.8, 4) is 0 Å². The summed E-state index contributed by atoms with van der Waals surface area (Å²) in [7, 11) is -2.99. The Morgan fingerprint density at radius 1 is 1.16 bits per heavy atom. The van der Waals surface area contributed by atoms with E-state index in [-0.39, 0.29) is 0 Å². The van der Waals surface area contributed by atoms with E-state index in [0.717, 1.165) is 25.6 Å². The van der Waals surface area contributed by atoms with Crippen molar-refractivity contribution in [3.63, 3.8) is 0 Å². The minimum absolute atomic E-state index is 0.292. The predicted octanol–water partition coefficient (Wildman–Crippen LogP) is 1.70. The summed E-state index contributed by atoms with van der Waals surface area (Å²) in [5.41, 5.74) is 0. The van der Waals surface area contributed by atoms with Gasteiger partial charge < -0.3 is 4.90 Å². The second-order valence-corrected chi connectivity index (χ2v) is 7.75. The summed E-state index contributed by atoms with van der Waals surface area (Å²) >= 11 is 0. The smallest absolute Gasteiger partial charge is 0.214 e. The van der Waals surface area contributed by atoms with Crippen LogP contribution in [0.4, 0.5) is 0 Å². The normalized spacial score (nSPS) is 26.7. The minimum Gasteiger partial charge on any atom is -0.300 e. The van der Waals surface area contributed by atoms with Crippen LogP contribution in [0.3, 0.4) is 0 Å². The van der Waals surface area contributed by atoms with Crippen molar-refractivity contribution >= 4 is 10.0 Å². The van der Waals surface area contributed by atoms with E-state index in [1.54, 1.807) is 4.31 Å². The molecule has 2 aliphatic rings. The van der Waals surface area contributed by atoms with Crippen molar-refractivity contribution in [1.29, 1.82) is 0 Å². The molecular weight excluding hydrogens is 260 g/mol. The van der Waals surface area contributed by atoms with Gasteiger partial charge in [0.05, 0.1) is 5.75 Å². The molecule has 0 bridgehead atoms. The Bertz CT molecular complexity index is 398. The molecule has 1 heterocycles. The molecular formula is C14H26N2O2S. The third-order valence-corrected chi connectivity index (χ3v) is 6.16. The van der Waals surface area contributed by atoms with E-state index in [0.29, 0.717) is 25.3 Å². The SMILES string of the molecule is CCCS(=O)(=O)N1CCN(C[C@@H]2CC=CCC2)CC1. The molecule has 0 unspecified atom stereocenters. The molecule has 1 saturated heterocycles. The number of sulfonamides is 1. The zero-order valence-electron chi connectivity index (χ0n) is 11.9. The first kappa shape index (κ1) is 15.0. The van der Waals surface area contributed by atoms with E-state index in [1.165, 1.54) is 19.3 Å². The lowest BCUT2D eigenvalue weighted by molar-refractivity contribution is 0.161. The van der Waals surface area contributed by atoms with Crippen LogP contribution < -0.4 is 0 Å². The molecule has 110 valence electrons. The summed E-state index contributed by atoms with van der Waals surface area (Å²) in [5, 5.41) is 0. The molecule has 0 radical (unpaired) electrons. The van der Waals surface area contributed by atoms with Gasteiger partial charge in [0, 0.05) is 32.7 Å². The molecule has 0 spiro atoms. The molecule has 0 amide bonds. The average Bonchev–Trinajstić information content (AvgIpc) is 2.40. The topological polar surface area (TPSA) is 40.6 Å². The van der Waals surface area contributed by atoms with Gasteiger partial charge in [-0.3, -0.25) is 0 Å². The molecule has 2 rings (SSSR count). The fraction of sp³-hybridized carbons (Fsp3) is 0.857. The van der Waals surface area contributed by atoms with Gasteiger partial charge in [-0.2, -0.15) is 4.31 Å². The van der Waals surface area contributed by atoms with Crippen LogP contribution in [-0.4, -0.2) is 56.1 Å². The summed E-state index contributed by atoms with van der Waals surface area (Å²) in [6.45, 7) is 6.18. The van der Waals surface area contributed by atoms with E-state index in [9.17, 15) is 8.42 Å². The molecule has 1 fully saturated rings. The molecule has 0 saturated carbocycles. The van der Waals surface area contributed by atoms with E-state index in [4.69, 9.17) is 0 Å². The van der Waals surface area contributed by atoms with Gasteiger partial charge in [-0.1, -0.05) is 19.1 Å². The molecule has 19 heavy (non-hydrogen) atoms. The predicted molar refractivity (Wildman–Crippen MR) is 78.6 cm³/mol. The third-order valence-electron chi connectivity index (χ3n) is 4.08. The zero-order chi connectivity index (χ0) is 13.7. The highest BCUT2D eigenvalue weighted by Gasteiger charge is 2.27. The van der Waals surface area contributed by atoms with E-state index in [2.05, 4.69) is 17.1 Å². The molecule has 0 aromatic carbocycles. The highest BCUT2D eigenvalue weighted by Crippen LogP contribution is 2.20. The van der Waals surface area contributed by atoms with Gasteiger partial charge in [-0.15, -0.1) is 0 Å². The molecule has 1 aliphatic heterocycles. The van der Waals surface area contributed by atoms with Crippen molar-refractivity contribution in [2.75, 3.05) is 38.5 Å². The highest BCUT2D eigenvalue weighted by atomic mass is 32.2. The van der Waals surface area contributed by atoms with Crippen LogP contribution >= 0.6 is 0 Å². The van der Waals surface area contributed by atoms with Crippen LogP contribution in [0.1, 0.15) is 32.6 Å². The molecule has 0 aromatic rings. The first-order valence-electron chi connectivity index (χ1n) is 7.47. The van der Waals surface area contributed by atoms with Crippen LogP contribution in [0, 0.1) is 5.92 Å². The molecule has 4 nitrogen and oxygen atoms in total. The van der Waals surface area contributed by atoms with Crippen molar-refractivity contribution in [2.24, 2.45) is 5.92 Å². The lowest BCUT2D eigenvalue weighted by Crippen LogP contribution is -2.50. The fourth-order valence-corrected chi connectivity index (χ4v) is 4.46. The van der Waals surface area contributed by atoms with Gasteiger partial charge in [0.25, 0.3) is 0 Å². The van der Waals surface area contributed by atoms with Crippen molar-refractivity contribution in [1.82, 2.24) is 9.21 Å². The Kier molecular flexibility index (Phi) is 5.42. The molecule has 0 N–H and O–H groups in total. The molecule has 1 aliphatic carbocycles. The van der Waals surface area contributed by atoms with Crippen LogP contribution in [0.25, 0.3) is 0 Å². The summed E-state index contributed by atoms with van der Waals surface area (Å²) in [4.78, 5) is 2.43. The zero-order valence-corrected chi connectivity index (χ0v) is 12.7. The van der Waals surface area contributed by atoms with Gasteiger partial charge in [-0.25, -0.2) is 8.42 Å². The standard InChI is InChI=1S/C14H26N2O2S/c1-2-12-19(17,18)16-10-8-15(9-11-16)13-14-6-4-3-5-7-14/h3-4,14H,2,5-13H2,1H3/t14-/m1/s1. The first-order valence-corrected chi connectivity index (χ1v) is 9.08.